The highest BCUT2D eigenvalue weighted by Crippen LogP contribution is 2.28. The summed E-state index contributed by atoms with van der Waals surface area (Å²) in [5.41, 5.74) is 0. The Hall–Kier alpha value is -0.910. The fourth-order valence-corrected chi connectivity index (χ4v) is 3.54. The van der Waals surface area contributed by atoms with Crippen molar-refractivity contribution in [2.75, 3.05) is 11.9 Å². The number of thiophene rings is 1. The lowest BCUT2D eigenvalue weighted by Gasteiger charge is -2.25. The van der Waals surface area contributed by atoms with E-state index in [-0.39, 0.29) is 11.4 Å². The molecule has 2 aromatic heterocycles. The first-order valence-corrected chi connectivity index (χ1v) is 7.81. The van der Waals surface area contributed by atoms with Crippen LogP contribution in [0.15, 0.2) is 11.4 Å². The second-order valence-corrected chi connectivity index (χ2v) is 6.27. The zero-order chi connectivity index (χ0) is 13.2. The number of hydrogen-bond acceptors (Lipinski definition) is 5. The quantitative estimate of drug-likeness (QED) is 0.854. The number of halogens is 1. The number of anilines is 1. The van der Waals surface area contributed by atoms with Crippen LogP contribution in [0.25, 0.3) is 10.2 Å². The van der Waals surface area contributed by atoms with Crippen molar-refractivity contribution in [3.05, 3.63) is 16.7 Å². The second kappa shape index (κ2) is 5.61. The summed E-state index contributed by atoms with van der Waals surface area (Å²) in [5, 5.41) is 16.2. The van der Waals surface area contributed by atoms with E-state index in [9.17, 15) is 5.11 Å². The number of aromatic nitrogens is 2. The maximum Gasteiger partial charge on any atom is 0.225 e. The Morgan fingerprint density at radius 1 is 1.32 bits per heavy atom. The number of hydrogen-bond donors (Lipinski definition) is 2. The summed E-state index contributed by atoms with van der Waals surface area (Å²) < 4.78 is 0. The van der Waals surface area contributed by atoms with Crippen LogP contribution in [0, 0.1) is 5.92 Å². The van der Waals surface area contributed by atoms with E-state index in [1.807, 2.05) is 11.4 Å². The smallest absolute Gasteiger partial charge is 0.225 e. The SMILES string of the molecule is OC1CCC(CNc2nc(Cl)nc3sccc23)CC1. The number of nitrogens with one attached hydrogen (secondary N) is 1. The van der Waals surface area contributed by atoms with Gasteiger partial charge in [0, 0.05) is 6.54 Å². The lowest BCUT2D eigenvalue weighted by Crippen LogP contribution is -2.23. The molecule has 2 N–H and O–H groups in total. The highest BCUT2D eigenvalue weighted by molar-refractivity contribution is 7.16. The zero-order valence-corrected chi connectivity index (χ0v) is 12.0. The number of nitrogens with zero attached hydrogens (tertiary/aromatic N) is 2. The summed E-state index contributed by atoms with van der Waals surface area (Å²) in [6.07, 6.45) is 3.85. The van der Waals surface area contributed by atoms with Gasteiger partial charge in [-0.15, -0.1) is 11.3 Å². The average molecular weight is 298 g/mol. The largest absolute Gasteiger partial charge is 0.393 e. The highest BCUT2D eigenvalue weighted by atomic mass is 35.5. The molecule has 1 aliphatic carbocycles. The third kappa shape index (κ3) is 2.99. The van der Waals surface area contributed by atoms with E-state index in [1.54, 1.807) is 11.3 Å². The molecule has 6 heteroatoms. The van der Waals surface area contributed by atoms with E-state index in [0.717, 1.165) is 48.3 Å². The van der Waals surface area contributed by atoms with Crippen molar-refractivity contribution in [2.24, 2.45) is 5.92 Å². The molecule has 0 aromatic carbocycles. The first-order chi connectivity index (χ1) is 9.22. The van der Waals surface area contributed by atoms with Gasteiger partial charge in [-0.1, -0.05) is 0 Å². The normalized spacial score (nSPS) is 23.7. The molecule has 0 bridgehead atoms. The standard InChI is InChI=1S/C13H16ClN3OS/c14-13-16-11(10-5-6-19-12(10)17-13)15-7-8-1-3-9(18)4-2-8/h5-6,8-9,18H,1-4,7H2,(H,15,16,17). The molecule has 2 aromatic rings. The van der Waals surface area contributed by atoms with Crippen molar-refractivity contribution >= 4 is 39.0 Å². The molecule has 0 saturated heterocycles. The first kappa shape index (κ1) is 13.1. The van der Waals surface area contributed by atoms with Gasteiger partial charge >= 0.3 is 0 Å². The van der Waals surface area contributed by atoms with E-state index in [1.165, 1.54) is 0 Å². The molecular formula is C13H16ClN3OS. The molecule has 3 rings (SSSR count). The molecule has 2 heterocycles. The molecule has 0 amide bonds. The van der Waals surface area contributed by atoms with Crippen LogP contribution in [-0.4, -0.2) is 27.7 Å². The van der Waals surface area contributed by atoms with Gasteiger partial charge in [-0.25, -0.2) is 9.97 Å². The molecule has 0 unspecified atom stereocenters. The Bertz CT molecular complexity index is 566. The summed E-state index contributed by atoms with van der Waals surface area (Å²) in [4.78, 5) is 9.39. The van der Waals surface area contributed by atoms with Gasteiger partial charge in [-0.05, 0) is 54.6 Å². The van der Waals surface area contributed by atoms with Crippen LogP contribution in [-0.2, 0) is 0 Å². The van der Waals surface area contributed by atoms with Crippen LogP contribution >= 0.6 is 22.9 Å². The molecule has 19 heavy (non-hydrogen) atoms. The maximum atomic E-state index is 9.51. The van der Waals surface area contributed by atoms with Crippen LogP contribution in [0.4, 0.5) is 5.82 Å². The van der Waals surface area contributed by atoms with Crippen LogP contribution in [0.5, 0.6) is 0 Å². The number of aliphatic hydroxyl groups excluding tert-OH is 1. The van der Waals surface area contributed by atoms with E-state index in [0.29, 0.717) is 5.92 Å². The number of fused-ring (bicyclic) bond motifs is 1. The minimum Gasteiger partial charge on any atom is -0.393 e. The average Bonchev–Trinajstić information content (AvgIpc) is 2.85. The summed E-state index contributed by atoms with van der Waals surface area (Å²) in [6.45, 7) is 0.880. The summed E-state index contributed by atoms with van der Waals surface area (Å²) in [5.74, 6) is 1.42. The third-order valence-electron chi connectivity index (χ3n) is 3.67. The molecule has 0 radical (unpaired) electrons. The summed E-state index contributed by atoms with van der Waals surface area (Å²) >= 11 is 7.50. The minimum atomic E-state index is -0.103. The van der Waals surface area contributed by atoms with Gasteiger partial charge in [0.2, 0.25) is 5.28 Å². The Morgan fingerprint density at radius 3 is 2.89 bits per heavy atom. The van der Waals surface area contributed by atoms with Gasteiger partial charge in [-0.3, -0.25) is 0 Å². The van der Waals surface area contributed by atoms with Crippen molar-refractivity contribution in [1.82, 2.24) is 9.97 Å². The number of aliphatic hydroxyl groups is 1. The molecule has 1 aliphatic rings. The van der Waals surface area contributed by atoms with E-state index in [2.05, 4.69) is 15.3 Å². The molecular weight excluding hydrogens is 282 g/mol. The van der Waals surface area contributed by atoms with E-state index < -0.39 is 0 Å². The summed E-state index contributed by atoms with van der Waals surface area (Å²) in [7, 11) is 0. The van der Waals surface area contributed by atoms with Crippen molar-refractivity contribution in [3.63, 3.8) is 0 Å². The summed E-state index contributed by atoms with van der Waals surface area (Å²) in [6, 6.07) is 2.02. The van der Waals surface area contributed by atoms with Gasteiger partial charge < -0.3 is 10.4 Å². The lowest BCUT2D eigenvalue weighted by atomic mass is 9.87. The predicted octanol–water partition coefficient (Wildman–Crippen LogP) is 3.31. The predicted molar refractivity (Wildman–Crippen MR) is 78.9 cm³/mol. The van der Waals surface area contributed by atoms with Gasteiger partial charge in [0.15, 0.2) is 0 Å². The van der Waals surface area contributed by atoms with Gasteiger partial charge in [0.1, 0.15) is 10.6 Å². The van der Waals surface area contributed by atoms with Crippen LogP contribution in [0.2, 0.25) is 5.28 Å². The van der Waals surface area contributed by atoms with Crippen molar-refractivity contribution in [2.45, 2.75) is 31.8 Å². The fourth-order valence-electron chi connectivity index (χ4n) is 2.55. The Kier molecular flexibility index (Phi) is 3.86. The molecule has 0 aliphatic heterocycles. The number of rotatable bonds is 3. The second-order valence-electron chi connectivity index (χ2n) is 5.04. The molecule has 0 spiro atoms. The minimum absolute atomic E-state index is 0.103. The van der Waals surface area contributed by atoms with Crippen molar-refractivity contribution in [1.29, 1.82) is 0 Å². The molecule has 1 saturated carbocycles. The van der Waals surface area contributed by atoms with Crippen molar-refractivity contribution < 1.29 is 5.11 Å². The molecule has 102 valence electrons. The van der Waals surface area contributed by atoms with Gasteiger partial charge in [0.05, 0.1) is 11.5 Å². The van der Waals surface area contributed by atoms with Crippen LogP contribution in [0.1, 0.15) is 25.7 Å². The van der Waals surface area contributed by atoms with Gasteiger partial charge in [-0.2, -0.15) is 0 Å². The third-order valence-corrected chi connectivity index (χ3v) is 4.65. The first-order valence-electron chi connectivity index (χ1n) is 6.55. The maximum absolute atomic E-state index is 9.51. The topological polar surface area (TPSA) is 58.0 Å². The zero-order valence-electron chi connectivity index (χ0n) is 10.5. The van der Waals surface area contributed by atoms with Gasteiger partial charge in [0.25, 0.3) is 0 Å². The molecule has 0 atom stereocenters. The van der Waals surface area contributed by atoms with E-state index >= 15 is 0 Å². The Balaban J connectivity index is 1.69. The Labute approximate surface area is 120 Å². The Morgan fingerprint density at radius 2 is 2.11 bits per heavy atom. The van der Waals surface area contributed by atoms with E-state index in [4.69, 9.17) is 11.6 Å². The van der Waals surface area contributed by atoms with Crippen LogP contribution < -0.4 is 5.32 Å². The van der Waals surface area contributed by atoms with Crippen LogP contribution in [0.3, 0.4) is 0 Å². The monoisotopic (exact) mass is 297 g/mol. The molecule has 4 nitrogen and oxygen atoms in total. The lowest BCUT2D eigenvalue weighted by molar-refractivity contribution is 0.111. The molecule has 1 fully saturated rings. The highest BCUT2D eigenvalue weighted by Gasteiger charge is 2.19. The van der Waals surface area contributed by atoms with Crippen molar-refractivity contribution in [3.8, 4) is 0 Å². The fraction of sp³-hybridized carbons (Fsp3) is 0.538.